The van der Waals surface area contributed by atoms with Crippen LogP contribution in [0.3, 0.4) is 0 Å². The number of hydrogen-bond acceptors (Lipinski definition) is 3. The Morgan fingerprint density at radius 3 is 2.72 bits per heavy atom. The van der Waals surface area contributed by atoms with E-state index in [9.17, 15) is 4.79 Å². The maximum atomic E-state index is 12.0. The van der Waals surface area contributed by atoms with Crippen LogP contribution in [0.1, 0.15) is 30.6 Å². The molecule has 0 saturated carbocycles. The van der Waals surface area contributed by atoms with Crippen LogP contribution in [0.2, 0.25) is 0 Å². The van der Waals surface area contributed by atoms with Gasteiger partial charge in [0.05, 0.1) is 10.2 Å². The Morgan fingerprint density at radius 2 is 2.11 bits per heavy atom. The van der Waals surface area contributed by atoms with Gasteiger partial charge in [-0.15, -0.1) is 11.3 Å². The van der Waals surface area contributed by atoms with E-state index in [1.807, 2.05) is 12.1 Å². The quantitative estimate of drug-likeness (QED) is 0.894. The molecule has 0 spiro atoms. The van der Waals surface area contributed by atoms with Crippen molar-refractivity contribution >= 4 is 33.2 Å². The first-order valence-electron chi connectivity index (χ1n) is 6.48. The van der Waals surface area contributed by atoms with Crippen molar-refractivity contribution in [3.05, 3.63) is 20.8 Å². The Morgan fingerprint density at radius 1 is 1.39 bits per heavy atom. The second-order valence-corrected chi connectivity index (χ2v) is 7.80. The van der Waals surface area contributed by atoms with Crippen molar-refractivity contribution < 1.29 is 4.79 Å². The number of carbonyl (C=O) groups excluding carboxylic acids is 1. The molecule has 2 unspecified atom stereocenters. The Balaban J connectivity index is 1.52. The Kier molecular flexibility index (Phi) is 3.73. The summed E-state index contributed by atoms with van der Waals surface area (Å²) in [6, 6.07) is 5.65. The van der Waals surface area contributed by atoms with E-state index >= 15 is 0 Å². The van der Waals surface area contributed by atoms with Crippen LogP contribution in [-0.4, -0.2) is 24.0 Å². The van der Waals surface area contributed by atoms with Gasteiger partial charge >= 0.3 is 0 Å². The molecular formula is C13H17BrN2OS. The zero-order chi connectivity index (χ0) is 12.5. The molecule has 2 bridgehead atoms. The van der Waals surface area contributed by atoms with Gasteiger partial charge in [-0.2, -0.15) is 0 Å². The zero-order valence-electron chi connectivity index (χ0n) is 10.1. The molecule has 2 saturated heterocycles. The fourth-order valence-electron chi connectivity index (χ4n) is 3.06. The predicted molar refractivity (Wildman–Crippen MR) is 76.8 cm³/mol. The van der Waals surface area contributed by atoms with Gasteiger partial charge in [-0.25, -0.2) is 0 Å². The van der Waals surface area contributed by atoms with E-state index in [1.165, 1.54) is 12.8 Å². The van der Waals surface area contributed by atoms with Crippen molar-refractivity contribution in [3.63, 3.8) is 0 Å². The third-order valence-corrected chi connectivity index (χ3v) is 5.43. The van der Waals surface area contributed by atoms with Crippen LogP contribution in [0, 0.1) is 0 Å². The van der Waals surface area contributed by atoms with Crippen LogP contribution in [0.5, 0.6) is 0 Å². The molecule has 2 aliphatic heterocycles. The normalized spacial score (nSPS) is 30.4. The molecule has 3 rings (SSSR count). The van der Waals surface area contributed by atoms with Crippen molar-refractivity contribution in [1.29, 1.82) is 0 Å². The number of amides is 1. The molecule has 0 aliphatic carbocycles. The van der Waals surface area contributed by atoms with Crippen LogP contribution in [0.4, 0.5) is 0 Å². The Bertz CT molecular complexity index is 436. The van der Waals surface area contributed by atoms with E-state index in [0.717, 1.165) is 21.5 Å². The molecule has 0 aromatic carbocycles. The number of nitrogens with one attached hydrogen (secondary N) is 2. The number of fused-ring (bicyclic) bond motifs is 2. The molecule has 3 heterocycles. The first kappa shape index (κ1) is 12.6. The van der Waals surface area contributed by atoms with E-state index in [-0.39, 0.29) is 5.91 Å². The molecule has 3 nitrogen and oxygen atoms in total. The largest absolute Gasteiger partial charge is 0.353 e. The summed E-state index contributed by atoms with van der Waals surface area (Å²) < 4.78 is 1.09. The van der Waals surface area contributed by atoms with Gasteiger partial charge in [0.2, 0.25) is 5.91 Å². The smallest absolute Gasteiger partial charge is 0.225 e. The van der Waals surface area contributed by atoms with Crippen molar-refractivity contribution in [2.75, 3.05) is 0 Å². The number of hydrogen-bond donors (Lipinski definition) is 2. The second kappa shape index (κ2) is 5.31. The molecule has 1 aromatic heterocycles. The van der Waals surface area contributed by atoms with Crippen molar-refractivity contribution in [2.24, 2.45) is 0 Å². The van der Waals surface area contributed by atoms with E-state index in [0.29, 0.717) is 24.5 Å². The van der Waals surface area contributed by atoms with Crippen molar-refractivity contribution in [1.82, 2.24) is 10.6 Å². The maximum absolute atomic E-state index is 12.0. The second-order valence-electron chi connectivity index (χ2n) is 5.26. The fourth-order valence-corrected chi connectivity index (χ4v) is 4.54. The highest BCUT2D eigenvalue weighted by atomic mass is 79.9. The summed E-state index contributed by atoms with van der Waals surface area (Å²) in [6.07, 6.45) is 5.24. The summed E-state index contributed by atoms with van der Waals surface area (Å²) in [5, 5.41) is 6.78. The maximum Gasteiger partial charge on any atom is 0.225 e. The van der Waals surface area contributed by atoms with Gasteiger partial charge in [0.1, 0.15) is 0 Å². The van der Waals surface area contributed by atoms with E-state index < -0.39 is 0 Å². The average molecular weight is 329 g/mol. The van der Waals surface area contributed by atoms with E-state index in [4.69, 9.17) is 0 Å². The van der Waals surface area contributed by atoms with Crippen LogP contribution >= 0.6 is 27.3 Å². The van der Waals surface area contributed by atoms with Gasteiger partial charge in [-0.3, -0.25) is 4.79 Å². The molecule has 0 radical (unpaired) electrons. The summed E-state index contributed by atoms with van der Waals surface area (Å²) in [5.74, 6) is 0.163. The lowest BCUT2D eigenvalue weighted by atomic mass is 10.00. The topological polar surface area (TPSA) is 41.1 Å². The van der Waals surface area contributed by atoms with E-state index in [2.05, 4.69) is 26.6 Å². The monoisotopic (exact) mass is 328 g/mol. The Labute approximate surface area is 119 Å². The molecule has 1 aromatic rings. The Hall–Kier alpha value is -0.390. The van der Waals surface area contributed by atoms with Gasteiger partial charge in [0, 0.05) is 23.0 Å². The summed E-state index contributed by atoms with van der Waals surface area (Å²) in [4.78, 5) is 13.1. The number of halogens is 1. The van der Waals surface area contributed by atoms with Gasteiger partial charge < -0.3 is 10.6 Å². The van der Waals surface area contributed by atoms with Gasteiger partial charge in [0.15, 0.2) is 0 Å². The summed E-state index contributed by atoms with van der Waals surface area (Å²) >= 11 is 5.06. The fraction of sp³-hybridized carbons (Fsp3) is 0.615. The lowest BCUT2D eigenvalue weighted by molar-refractivity contribution is -0.121. The summed E-state index contributed by atoms with van der Waals surface area (Å²) in [5.41, 5.74) is 0. The minimum atomic E-state index is 0.163. The number of rotatable bonds is 3. The lowest BCUT2D eigenvalue weighted by Crippen LogP contribution is -2.48. The zero-order valence-corrected chi connectivity index (χ0v) is 12.5. The van der Waals surface area contributed by atoms with Gasteiger partial charge in [-0.05, 0) is 53.7 Å². The summed E-state index contributed by atoms with van der Waals surface area (Å²) in [7, 11) is 0. The number of piperidine rings is 1. The SMILES string of the molecule is O=C(Cc1ccc(Br)s1)NC1CC2CCC(C1)N2. The number of carbonyl (C=O) groups is 1. The third kappa shape index (κ3) is 2.95. The molecule has 2 N–H and O–H groups in total. The highest BCUT2D eigenvalue weighted by molar-refractivity contribution is 9.11. The standard InChI is InChI=1S/C13H17BrN2OS/c14-12-4-3-11(18-12)7-13(17)16-10-5-8-1-2-9(6-10)15-8/h3-4,8-10,15H,1-2,5-7H2,(H,16,17). The molecule has 18 heavy (non-hydrogen) atoms. The van der Waals surface area contributed by atoms with Crippen LogP contribution in [0.25, 0.3) is 0 Å². The molecule has 1 amide bonds. The molecule has 2 aliphatic rings. The molecule has 5 heteroatoms. The minimum Gasteiger partial charge on any atom is -0.353 e. The van der Waals surface area contributed by atoms with Gasteiger partial charge in [-0.1, -0.05) is 0 Å². The molecular weight excluding hydrogens is 312 g/mol. The van der Waals surface area contributed by atoms with Crippen LogP contribution in [0.15, 0.2) is 15.9 Å². The third-order valence-electron chi connectivity index (χ3n) is 3.80. The van der Waals surface area contributed by atoms with Gasteiger partial charge in [0.25, 0.3) is 0 Å². The molecule has 2 fully saturated rings. The van der Waals surface area contributed by atoms with Crippen molar-refractivity contribution in [3.8, 4) is 0 Å². The lowest BCUT2D eigenvalue weighted by Gasteiger charge is -2.29. The first-order valence-corrected chi connectivity index (χ1v) is 8.09. The predicted octanol–water partition coefficient (Wildman–Crippen LogP) is 2.45. The molecule has 2 atom stereocenters. The van der Waals surface area contributed by atoms with Crippen molar-refractivity contribution in [2.45, 2.75) is 50.2 Å². The van der Waals surface area contributed by atoms with Crippen LogP contribution in [-0.2, 0) is 11.2 Å². The van der Waals surface area contributed by atoms with Crippen LogP contribution < -0.4 is 10.6 Å². The first-order chi connectivity index (χ1) is 8.69. The summed E-state index contributed by atoms with van der Waals surface area (Å²) in [6.45, 7) is 0. The highest BCUT2D eigenvalue weighted by Gasteiger charge is 2.33. The minimum absolute atomic E-state index is 0.163. The van der Waals surface area contributed by atoms with E-state index in [1.54, 1.807) is 11.3 Å². The highest BCUT2D eigenvalue weighted by Crippen LogP contribution is 2.27. The number of thiophene rings is 1. The average Bonchev–Trinajstić information content (AvgIpc) is 2.85. The molecule has 98 valence electrons.